The van der Waals surface area contributed by atoms with E-state index in [4.69, 9.17) is 16.3 Å². The smallest absolute Gasteiger partial charge is 0.141 e. The largest absolute Gasteiger partial charge is 0.492 e. The third-order valence-corrected chi connectivity index (χ3v) is 4.38. The highest BCUT2D eigenvalue weighted by Gasteiger charge is 2.24. The van der Waals surface area contributed by atoms with Gasteiger partial charge in [-0.15, -0.1) is 0 Å². The van der Waals surface area contributed by atoms with Gasteiger partial charge in [0.15, 0.2) is 0 Å². The number of unbranched alkanes of at least 4 members (excludes halogenated alkanes) is 1. The van der Waals surface area contributed by atoms with Crippen molar-refractivity contribution in [2.45, 2.75) is 38.8 Å². The predicted molar refractivity (Wildman–Crippen MR) is 101 cm³/mol. The molecular formula is C20H23ClN2O2. The fourth-order valence-electron chi connectivity index (χ4n) is 2.88. The Morgan fingerprint density at radius 3 is 2.56 bits per heavy atom. The van der Waals surface area contributed by atoms with E-state index in [1.54, 1.807) is 13.8 Å². The van der Waals surface area contributed by atoms with Crippen LogP contribution in [-0.4, -0.2) is 21.3 Å². The monoisotopic (exact) mass is 358 g/mol. The first-order valence-electron chi connectivity index (χ1n) is 8.52. The van der Waals surface area contributed by atoms with Crippen molar-refractivity contribution in [3.05, 3.63) is 59.4 Å². The second-order valence-corrected chi connectivity index (χ2v) is 7.03. The summed E-state index contributed by atoms with van der Waals surface area (Å²) in [6.07, 6.45) is 1.82. The van der Waals surface area contributed by atoms with Crippen molar-refractivity contribution >= 4 is 22.6 Å². The Morgan fingerprint density at radius 2 is 1.80 bits per heavy atom. The van der Waals surface area contributed by atoms with E-state index in [0.717, 1.165) is 36.2 Å². The van der Waals surface area contributed by atoms with Crippen LogP contribution in [0.2, 0.25) is 5.02 Å². The average Bonchev–Trinajstić information content (AvgIpc) is 2.95. The van der Waals surface area contributed by atoms with E-state index >= 15 is 0 Å². The standard InChI is InChI=1S/C20H23ClN2O2/c1-20(2,24)19-22-16-10-4-5-11-17(16)23(19)13-7-8-14-25-18-12-6-3-9-15(18)21/h3-6,9-12,24H,7-8,13-14H2,1-2H3. The lowest BCUT2D eigenvalue weighted by Gasteiger charge is -2.19. The Bertz CT molecular complexity index is 852. The summed E-state index contributed by atoms with van der Waals surface area (Å²) in [7, 11) is 0. The lowest BCUT2D eigenvalue weighted by Crippen LogP contribution is -2.22. The van der Waals surface area contributed by atoms with Crippen LogP contribution in [0.1, 0.15) is 32.5 Å². The quantitative estimate of drug-likeness (QED) is 0.618. The van der Waals surface area contributed by atoms with Gasteiger partial charge in [0, 0.05) is 6.54 Å². The maximum atomic E-state index is 10.4. The lowest BCUT2D eigenvalue weighted by atomic mass is 10.1. The number of hydrogen-bond acceptors (Lipinski definition) is 3. The first kappa shape index (κ1) is 17.8. The second-order valence-electron chi connectivity index (χ2n) is 6.62. The number of halogens is 1. The van der Waals surface area contributed by atoms with Crippen molar-refractivity contribution < 1.29 is 9.84 Å². The van der Waals surface area contributed by atoms with Gasteiger partial charge in [-0.25, -0.2) is 4.98 Å². The summed E-state index contributed by atoms with van der Waals surface area (Å²) in [5.41, 5.74) is 0.978. The second kappa shape index (κ2) is 7.46. The molecule has 3 rings (SSSR count). The fraction of sp³-hybridized carbons (Fsp3) is 0.350. The number of aliphatic hydroxyl groups is 1. The molecule has 0 aliphatic carbocycles. The molecule has 4 nitrogen and oxygen atoms in total. The highest BCUT2D eigenvalue weighted by atomic mass is 35.5. The molecule has 0 saturated carbocycles. The van der Waals surface area contributed by atoms with Crippen LogP contribution in [-0.2, 0) is 12.1 Å². The van der Waals surface area contributed by atoms with Crippen molar-refractivity contribution in [3.63, 3.8) is 0 Å². The molecule has 2 aromatic carbocycles. The minimum atomic E-state index is -0.979. The molecule has 132 valence electrons. The van der Waals surface area contributed by atoms with Gasteiger partial charge in [0.1, 0.15) is 17.2 Å². The van der Waals surface area contributed by atoms with E-state index in [0.29, 0.717) is 17.5 Å². The fourth-order valence-corrected chi connectivity index (χ4v) is 3.08. The molecule has 3 aromatic rings. The van der Waals surface area contributed by atoms with Gasteiger partial charge in [-0.3, -0.25) is 0 Å². The summed E-state index contributed by atoms with van der Waals surface area (Å²) >= 11 is 6.09. The molecule has 0 radical (unpaired) electrons. The summed E-state index contributed by atoms with van der Waals surface area (Å²) in [6, 6.07) is 15.5. The van der Waals surface area contributed by atoms with Crippen LogP contribution in [0.25, 0.3) is 11.0 Å². The number of hydrogen-bond donors (Lipinski definition) is 1. The Kier molecular flexibility index (Phi) is 5.30. The lowest BCUT2D eigenvalue weighted by molar-refractivity contribution is 0.0650. The maximum absolute atomic E-state index is 10.4. The summed E-state index contributed by atoms with van der Waals surface area (Å²) in [4.78, 5) is 4.61. The summed E-state index contributed by atoms with van der Waals surface area (Å²) < 4.78 is 7.84. The molecular weight excluding hydrogens is 336 g/mol. The van der Waals surface area contributed by atoms with Crippen molar-refractivity contribution in [2.75, 3.05) is 6.61 Å². The number of aryl methyl sites for hydroxylation is 1. The van der Waals surface area contributed by atoms with Crippen LogP contribution in [0, 0.1) is 0 Å². The molecule has 0 unspecified atom stereocenters. The number of ether oxygens (including phenoxy) is 1. The Morgan fingerprint density at radius 1 is 1.08 bits per heavy atom. The molecule has 0 aliphatic rings. The topological polar surface area (TPSA) is 47.3 Å². The highest BCUT2D eigenvalue weighted by molar-refractivity contribution is 6.32. The molecule has 0 bridgehead atoms. The zero-order chi connectivity index (χ0) is 17.9. The normalized spacial score (nSPS) is 11.8. The van der Waals surface area contributed by atoms with E-state index in [2.05, 4.69) is 9.55 Å². The van der Waals surface area contributed by atoms with Gasteiger partial charge in [0.25, 0.3) is 0 Å². The Hall–Kier alpha value is -2.04. The van der Waals surface area contributed by atoms with Crippen LogP contribution in [0.4, 0.5) is 0 Å². The number of aromatic nitrogens is 2. The number of para-hydroxylation sites is 3. The minimum Gasteiger partial charge on any atom is -0.492 e. The molecule has 5 heteroatoms. The minimum absolute atomic E-state index is 0.605. The highest BCUT2D eigenvalue weighted by Crippen LogP contribution is 2.26. The van der Waals surface area contributed by atoms with Gasteiger partial charge < -0.3 is 14.4 Å². The number of fused-ring (bicyclic) bond motifs is 1. The van der Waals surface area contributed by atoms with Crippen molar-refractivity contribution in [1.82, 2.24) is 9.55 Å². The third-order valence-electron chi connectivity index (χ3n) is 4.07. The van der Waals surface area contributed by atoms with Gasteiger partial charge >= 0.3 is 0 Å². The van der Waals surface area contributed by atoms with Gasteiger partial charge in [-0.2, -0.15) is 0 Å². The van der Waals surface area contributed by atoms with Gasteiger partial charge in [0.2, 0.25) is 0 Å². The van der Waals surface area contributed by atoms with Crippen LogP contribution in [0.3, 0.4) is 0 Å². The Balaban J connectivity index is 1.64. The van der Waals surface area contributed by atoms with E-state index in [1.807, 2.05) is 48.5 Å². The molecule has 0 spiro atoms. The van der Waals surface area contributed by atoms with Crippen molar-refractivity contribution in [1.29, 1.82) is 0 Å². The van der Waals surface area contributed by atoms with Gasteiger partial charge in [0.05, 0.1) is 22.7 Å². The Labute approximate surface area is 153 Å². The third kappa shape index (κ3) is 4.14. The molecule has 0 fully saturated rings. The van der Waals surface area contributed by atoms with Crippen LogP contribution < -0.4 is 4.74 Å². The van der Waals surface area contributed by atoms with Crippen LogP contribution in [0.15, 0.2) is 48.5 Å². The number of imidazole rings is 1. The van der Waals surface area contributed by atoms with Crippen molar-refractivity contribution in [3.8, 4) is 5.75 Å². The summed E-state index contributed by atoms with van der Waals surface area (Å²) in [6.45, 7) is 4.93. The molecule has 1 heterocycles. The van der Waals surface area contributed by atoms with Crippen LogP contribution in [0.5, 0.6) is 5.75 Å². The molecule has 1 aromatic heterocycles. The van der Waals surface area contributed by atoms with Crippen LogP contribution >= 0.6 is 11.6 Å². The van der Waals surface area contributed by atoms with E-state index < -0.39 is 5.60 Å². The molecule has 0 atom stereocenters. The molecule has 1 N–H and O–H groups in total. The number of rotatable bonds is 7. The first-order valence-corrected chi connectivity index (χ1v) is 8.90. The summed E-state index contributed by atoms with van der Waals surface area (Å²) in [5, 5.41) is 11.1. The molecule has 0 saturated heterocycles. The number of benzene rings is 2. The number of nitrogens with zero attached hydrogens (tertiary/aromatic N) is 2. The average molecular weight is 359 g/mol. The molecule has 25 heavy (non-hydrogen) atoms. The van der Waals surface area contributed by atoms with E-state index in [1.165, 1.54) is 0 Å². The summed E-state index contributed by atoms with van der Waals surface area (Å²) in [5.74, 6) is 1.41. The molecule has 0 amide bonds. The predicted octanol–water partition coefficient (Wildman–Crippen LogP) is 4.78. The van der Waals surface area contributed by atoms with Crippen molar-refractivity contribution in [2.24, 2.45) is 0 Å². The van der Waals surface area contributed by atoms with E-state index in [9.17, 15) is 5.11 Å². The van der Waals surface area contributed by atoms with Gasteiger partial charge in [-0.1, -0.05) is 35.9 Å². The first-order chi connectivity index (χ1) is 12.0. The zero-order valence-corrected chi connectivity index (χ0v) is 15.3. The zero-order valence-electron chi connectivity index (χ0n) is 14.6. The van der Waals surface area contributed by atoms with Gasteiger partial charge in [-0.05, 0) is 51.0 Å². The molecule has 0 aliphatic heterocycles. The van der Waals surface area contributed by atoms with E-state index in [-0.39, 0.29) is 0 Å². The SMILES string of the molecule is CC(C)(O)c1nc2ccccc2n1CCCCOc1ccccc1Cl. The maximum Gasteiger partial charge on any atom is 0.141 e.